The maximum absolute atomic E-state index is 2.64. The molecule has 0 saturated heterocycles. The average Bonchev–Trinajstić information content (AvgIpc) is 2.76. The zero-order valence-electron chi connectivity index (χ0n) is 10.1. The van der Waals surface area contributed by atoms with Gasteiger partial charge in [-0.2, -0.15) is 0 Å². The molecule has 0 aromatic heterocycles. The minimum atomic E-state index is 0.990. The number of hydrogen-bond acceptors (Lipinski definition) is 0. The monoisotopic (exact) mass is 446 g/mol. The smallest absolute Gasteiger partial charge is 0.0110 e. The van der Waals surface area contributed by atoms with Crippen molar-refractivity contribution < 1.29 is 0 Å². The molecular weight excluding hydrogens is 422 g/mol. The van der Waals surface area contributed by atoms with Crippen molar-refractivity contribution >= 4 is 45.2 Å². The normalized spacial score (nSPS) is 40.1. The molecule has 2 unspecified atom stereocenters. The van der Waals surface area contributed by atoms with Crippen molar-refractivity contribution in [3.8, 4) is 0 Å². The molecule has 0 radical (unpaired) electrons. The van der Waals surface area contributed by atoms with E-state index < -0.39 is 0 Å². The zero-order chi connectivity index (χ0) is 11.4. The first-order valence-electron chi connectivity index (χ1n) is 6.98. The zero-order valence-corrected chi connectivity index (χ0v) is 14.5. The van der Waals surface area contributed by atoms with E-state index >= 15 is 0 Å². The number of rotatable bonds is 4. The Morgan fingerprint density at radius 2 is 1.31 bits per heavy atom. The molecule has 0 nitrogen and oxygen atoms in total. The van der Waals surface area contributed by atoms with Crippen LogP contribution in [0.3, 0.4) is 0 Å². The Morgan fingerprint density at radius 1 is 0.750 bits per heavy atom. The molecule has 16 heavy (non-hydrogen) atoms. The third kappa shape index (κ3) is 4.29. The average molecular weight is 446 g/mol. The number of hydrogen-bond donors (Lipinski definition) is 0. The molecule has 2 fully saturated rings. The first-order chi connectivity index (χ1) is 7.78. The van der Waals surface area contributed by atoms with Crippen LogP contribution in [0, 0.1) is 17.8 Å². The Kier molecular flexibility index (Phi) is 6.20. The van der Waals surface area contributed by atoms with Gasteiger partial charge in [0.05, 0.1) is 0 Å². The van der Waals surface area contributed by atoms with Gasteiger partial charge in [-0.3, -0.25) is 0 Å². The SMILES string of the molecule is ICC1CCC(CCC2CCC(I)CC2)C1. The van der Waals surface area contributed by atoms with Crippen LogP contribution in [0.25, 0.3) is 0 Å². The molecule has 0 heterocycles. The van der Waals surface area contributed by atoms with Gasteiger partial charge in [-0.1, -0.05) is 64.4 Å². The Morgan fingerprint density at radius 3 is 1.94 bits per heavy atom. The van der Waals surface area contributed by atoms with Crippen molar-refractivity contribution in [3.63, 3.8) is 0 Å². The molecule has 0 N–H and O–H groups in total. The van der Waals surface area contributed by atoms with E-state index in [1.54, 1.807) is 19.3 Å². The van der Waals surface area contributed by atoms with E-state index in [9.17, 15) is 0 Å². The van der Waals surface area contributed by atoms with E-state index in [-0.39, 0.29) is 0 Å². The van der Waals surface area contributed by atoms with Gasteiger partial charge in [-0.15, -0.1) is 0 Å². The van der Waals surface area contributed by atoms with Crippen LogP contribution >= 0.6 is 45.2 Å². The second-order valence-corrected chi connectivity index (χ2v) is 8.54. The van der Waals surface area contributed by atoms with E-state index in [0.717, 1.165) is 21.7 Å². The van der Waals surface area contributed by atoms with Gasteiger partial charge in [0.25, 0.3) is 0 Å². The van der Waals surface area contributed by atoms with E-state index in [1.165, 1.54) is 43.0 Å². The highest BCUT2D eigenvalue weighted by Gasteiger charge is 2.25. The van der Waals surface area contributed by atoms with Gasteiger partial charge in [0.15, 0.2) is 0 Å². The van der Waals surface area contributed by atoms with Crippen molar-refractivity contribution in [2.45, 2.75) is 61.7 Å². The summed E-state index contributed by atoms with van der Waals surface area (Å²) in [5.74, 6) is 3.25. The maximum Gasteiger partial charge on any atom is 0.0110 e. The lowest BCUT2D eigenvalue weighted by molar-refractivity contribution is 0.315. The lowest BCUT2D eigenvalue weighted by Crippen LogP contribution is -2.14. The predicted molar refractivity (Wildman–Crippen MR) is 88.7 cm³/mol. The fraction of sp³-hybridized carbons (Fsp3) is 1.00. The molecule has 2 saturated carbocycles. The van der Waals surface area contributed by atoms with Crippen LogP contribution in [0.2, 0.25) is 0 Å². The van der Waals surface area contributed by atoms with Crippen molar-refractivity contribution in [2.75, 3.05) is 4.43 Å². The third-order valence-corrected chi connectivity index (χ3v) is 7.12. The molecule has 2 atom stereocenters. The van der Waals surface area contributed by atoms with E-state index in [2.05, 4.69) is 45.2 Å². The van der Waals surface area contributed by atoms with E-state index in [4.69, 9.17) is 0 Å². The van der Waals surface area contributed by atoms with Crippen molar-refractivity contribution in [1.82, 2.24) is 0 Å². The van der Waals surface area contributed by atoms with Gasteiger partial charge >= 0.3 is 0 Å². The second-order valence-electron chi connectivity index (χ2n) is 5.89. The summed E-state index contributed by atoms with van der Waals surface area (Å²) in [6.45, 7) is 0. The van der Waals surface area contributed by atoms with Crippen molar-refractivity contribution in [1.29, 1.82) is 0 Å². The molecule has 94 valence electrons. The summed E-state index contributed by atoms with van der Waals surface area (Å²) in [6, 6.07) is 0. The number of alkyl halides is 2. The van der Waals surface area contributed by atoms with Crippen molar-refractivity contribution in [2.24, 2.45) is 17.8 Å². The minimum absolute atomic E-state index is 0.990. The molecule has 2 aliphatic carbocycles. The molecule has 0 bridgehead atoms. The highest BCUT2D eigenvalue weighted by atomic mass is 127. The summed E-state index contributed by atoms with van der Waals surface area (Å²) in [6.07, 6.45) is 13.7. The summed E-state index contributed by atoms with van der Waals surface area (Å²) >= 11 is 5.21. The van der Waals surface area contributed by atoms with Crippen LogP contribution in [0.4, 0.5) is 0 Å². The Labute approximate surface area is 128 Å². The standard InChI is InChI=1S/C14H24I2/c15-10-13-4-3-12(9-13)2-1-11-5-7-14(16)8-6-11/h11-14H,1-10H2. The van der Waals surface area contributed by atoms with E-state index in [1.807, 2.05) is 0 Å². The molecule has 2 aliphatic rings. The molecule has 0 aliphatic heterocycles. The van der Waals surface area contributed by atoms with Gasteiger partial charge in [0.2, 0.25) is 0 Å². The van der Waals surface area contributed by atoms with E-state index in [0.29, 0.717) is 0 Å². The van der Waals surface area contributed by atoms with Crippen LogP contribution < -0.4 is 0 Å². The predicted octanol–water partition coefficient (Wildman–Crippen LogP) is 5.61. The van der Waals surface area contributed by atoms with Gasteiger partial charge in [-0.25, -0.2) is 0 Å². The summed E-state index contributed by atoms with van der Waals surface area (Å²) < 4.78 is 2.39. The Bertz CT molecular complexity index is 195. The van der Waals surface area contributed by atoms with Crippen LogP contribution in [-0.2, 0) is 0 Å². The first kappa shape index (κ1) is 13.9. The second kappa shape index (κ2) is 7.15. The lowest BCUT2D eigenvalue weighted by Gasteiger charge is -2.26. The molecular formula is C14H24I2. The molecule has 2 heteroatoms. The topological polar surface area (TPSA) is 0 Å². The third-order valence-electron chi connectivity index (χ3n) is 4.63. The summed E-state index contributed by atoms with van der Waals surface area (Å²) in [7, 11) is 0. The maximum atomic E-state index is 2.64. The number of halogens is 2. The summed E-state index contributed by atoms with van der Waals surface area (Å²) in [4.78, 5) is 0. The highest BCUT2D eigenvalue weighted by Crippen LogP contribution is 2.38. The van der Waals surface area contributed by atoms with Crippen LogP contribution in [0.1, 0.15) is 57.8 Å². The largest absolute Gasteiger partial charge is 0.0861 e. The van der Waals surface area contributed by atoms with Gasteiger partial charge in [0, 0.05) is 8.35 Å². The highest BCUT2D eigenvalue weighted by molar-refractivity contribution is 14.1. The van der Waals surface area contributed by atoms with Crippen molar-refractivity contribution in [3.05, 3.63) is 0 Å². The molecule has 2 rings (SSSR count). The van der Waals surface area contributed by atoms with Gasteiger partial charge < -0.3 is 0 Å². The first-order valence-corrected chi connectivity index (χ1v) is 9.75. The van der Waals surface area contributed by atoms with Gasteiger partial charge in [-0.05, 0) is 56.3 Å². The van der Waals surface area contributed by atoms with Crippen LogP contribution in [0.5, 0.6) is 0 Å². The van der Waals surface area contributed by atoms with Crippen LogP contribution in [0.15, 0.2) is 0 Å². The molecule has 0 spiro atoms. The molecule has 0 aromatic carbocycles. The quantitative estimate of drug-likeness (QED) is 0.389. The van der Waals surface area contributed by atoms with Crippen LogP contribution in [-0.4, -0.2) is 8.35 Å². The van der Waals surface area contributed by atoms with Gasteiger partial charge in [0.1, 0.15) is 0 Å². The fourth-order valence-electron chi connectivity index (χ4n) is 3.46. The summed E-state index contributed by atoms with van der Waals surface area (Å²) in [5.41, 5.74) is 0. The fourth-order valence-corrected chi connectivity index (χ4v) is 4.98. The summed E-state index contributed by atoms with van der Waals surface area (Å²) in [5, 5.41) is 0. The Balaban J connectivity index is 1.61. The Hall–Kier alpha value is 1.46. The molecule has 0 aromatic rings. The molecule has 0 amide bonds. The minimum Gasteiger partial charge on any atom is -0.0861 e. The lowest BCUT2D eigenvalue weighted by atomic mass is 9.84.